The number of ether oxygens (including phenoxy) is 2. The highest BCUT2D eigenvalue weighted by Crippen LogP contribution is 2.21. The summed E-state index contributed by atoms with van der Waals surface area (Å²) in [5, 5.41) is 67.2. The van der Waals surface area contributed by atoms with E-state index in [2.05, 4.69) is 77.3 Å². The van der Waals surface area contributed by atoms with Crippen LogP contribution < -0.4 is 81.0 Å². The minimum absolute atomic E-state index is 0.00590. The molecule has 2 aromatic rings. The third kappa shape index (κ3) is 33.7. The van der Waals surface area contributed by atoms with Gasteiger partial charge < -0.3 is 121 Å². The number of H-pyrrole nitrogens is 1. The maximum absolute atomic E-state index is 14.9. The summed E-state index contributed by atoms with van der Waals surface area (Å²) in [5.41, 5.74) is 17.9. The number of hydrogen-bond donors (Lipinski definition) is 20. The maximum Gasteiger partial charge on any atom is 0.335 e. The van der Waals surface area contributed by atoms with Crippen molar-refractivity contribution in [2.24, 2.45) is 29.0 Å². The third-order valence-electron chi connectivity index (χ3n) is 18.7. The number of aliphatic carboxylic acids is 4. The number of carboxylic acids is 4. The lowest BCUT2D eigenvalue weighted by atomic mass is 9.98. The van der Waals surface area contributed by atoms with E-state index in [4.69, 9.17) is 26.7 Å². The lowest BCUT2D eigenvalue weighted by Crippen LogP contribution is -2.62. The fourth-order valence-electron chi connectivity index (χ4n) is 11.8. The first-order valence-electron chi connectivity index (χ1n) is 37.4. The second-order valence-electron chi connectivity index (χ2n) is 28.0. The van der Waals surface area contributed by atoms with Gasteiger partial charge in [0.15, 0.2) is 6.10 Å². The van der Waals surface area contributed by atoms with Crippen molar-refractivity contribution in [3.8, 4) is 0 Å². The van der Waals surface area contributed by atoms with E-state index < -0.39 is 255 Å². The lowest BCUT2D eigenvalue weighted by molar-refractivity contribution is -0.159. The molecule has 15 unspecified atom stereocenters. The highest BCUT2D eigenvalue weighted by atomic mass is 16.5. The van der Waals surface area contributed by atoms with Gasteiger partial charge in [-0.2, -0.15) is 0 Å². The number of benzene rings is 1. The molecular formula is C72H109N17O26. The number of carboxylic acid groups (broad SMARTS) is 4. The number of primary amides is 2. The van der Waals surface area contributed by atoms with Crippen LogP contribution in [0, 0.1) is 11.8 Å². The monoisotopic (exact) mass is 1630 g/mol. The van der Waals surface area contributed by atoms with Crippen LogP contribution in [-0.2, 0) is 112 Å². The number of methoxy groups -OCH3 is 1. The Morgan fingerprint density at radius 1 is 0.600 bits per heavy atom. The Hall–Kier alpha value is -11.9. The Morgan fingerprint density at radius 2 is 1.18 bits per heavy atom. The molecule has 1 aromatic carbocycles. The van der Waals surface area contributed by atoms with Gasteiger partial charge in [0.05, 0.1) is 38.8 Å². The van der Waals surface area contributed by atoms with Crippen LogP contribution in [0.5, 0.6) is 0 Å². The number of carbonyl (C=O) groups excluding carboxylic acids is 16. The maximum atomic E-state index is 14.9. The molecule has 15 atom stereocenters. The molecule has 0 radical (unpaired) electrons. The van der Waals surface area contributed by atoms with E-state index in [-0.39, 0.29) is 45.1 Å². The third-order valence-corrected chi connectivity index (χ3v) is 18.7. The minimum atomic E-state index is -2.32. The topological polar surface area (TPSA) is 682 Å². The quantitative estimate of drug-likeness (QED) is 0.0222. The molecule has 1 saturated heterocycles. The van der Waals surface area contributed by atoms with Gasteiger partial charge in [0, 0.05) is 50.5 Å². The number of nitrogens with one attached hydrogen (secondary N) is 13. The van der Waals surface area contributed by atoms with E-state index in [9.17, 15) is 116 Å². The molecule has 0 bridgehead atoms. The van der Waals surface area contributed by atoms with Crippen LogP contribution in [0.3, 0.4) is 0 Å². The number of amides is 15. The predicted molar refractivity (Wildman–Crippen MR) is 402 cm³/mol. The molecule has 1 fully saturated rings. The normalized spacial score (nSPS) is 21.9. The Kier molecular flexibility index (Phi) is 41.3. The zero-order valence-electron chi connectivity index (χ0n) is 65.3. The van der Waals surface area contributed by atoms with Gasteiger partial charge in [-0.05, 0) is 76.0 Å². The first kappa shape index (κ1) is 97.3. The number of esters is 1. The molecule has 23 N–H and O–H groups in total. The Balaban J connectivity index is 2.24. The van der Waals surface area contributed by atoms with Crippen molar-refractivity contribution in [1.29, 1.82) is 0 Å². The molecule has 638 valence electrons. The van der Waals surface area contributed by atoms with Gasteiger partial charge in [-0.25, -0.2) is 9.59 Å². The highest BCUT2D eigenvalue weighted by molar-refractivity contribution is 6.02. The van der Waals surface area contributed by atoms with E-state index in [1.165, 1.54) is 13.8 Å². The van der Waals surface area contributed by atoms with Gasteiger partial charge in [-0.1, -0.05) is 84.4 Å². The largest absolute Gasteiger partial charge is 0.481 e. The van der Waals surface area contributed by atoms with Crippen molar-refractivity contribution in [1.82, 2.24) is 73.7 Å². The number of para-hydroxylation sites is 1. The minimum Gasteiger partial charge on any atom is -0.481 e. The smallest absolute Gasteiger partial charge is 0.335 e. The van der Waals surface area contributed by atoms with Crippen molar-refractivity contribution in [3.05, 3.63) is 36.0 Å². The molecular weight excluding hydrogens is 1520 g/mol. The van der Waals surface area contributed by atoms with Crippen molar-refractivity contribution >= 4 is 129 Å². The van der Waals surface area contributed by atoms with E-state index in [1.807, 2.05) is 5.32 Å². The summed E-state index contributed by atoms with van der Waals surface area (Å²) >= 11 is 0. The Morgan fingerprint density at radius 3 is 1.76 bits per heavy atom. The molecule has 115 heavy (non-hydrogen) atoms. The van der Waals surface area contributed by atoms with Gasteiger partial charge >= 0.3 is 29.8 Å². The lowest BCUT2D eigenvalue weighted by Gasteiger charge is -2.32. The molecule has 0 aliphatic carbocycles. The SMILES string of the molecule is CCC(C)CCCCCCC(=O)NC(Cc1c[nH]c2ccccc12)C(=O)NC(CC(N)=O)C(=O)NC(CC(=O)O)C(=O)NC1C(=O)N(C)CC(=O)NC(C)C(=O)NC(CC(=O)O)C(=O)NC(CCCCN)C(=O)NC(C(OC)C(=O)O)C(=O)NCC(=O)NC(CC(N)=O)C(=O)NC(CCC(=O)O)C(=O)NC(C(C)CC)C(=O)OC1C. The second kappa shape index (κ2) is 48.9. The fourth-order valence-corrected chi connectivity index (χ4v) is 11.8. The number of carbonyl (C=O) groups is 20. The summed E-state index contributed by atoms with van der Waals surface area (Å²) in [5.74, 6) is -28.2. The first-order valence-corrected chi connectivity index (χ1v) is 37.4. The van der Waals surface area contributed by atoms with Crippen molar-refractivity contribution < 1.29 is 126 Å². The van der Waals surface area contributed by atoms with Gasteiger partial charge in [0.25, 0.3) is 0 Å². The number of cyclic esters (lactones) is 1. The molecule has 43 heteroatoms. The number of nitrogens with two attached hydrogens (primary N) is 3. The molecule has 15 amide bonds. The van der Waals surface area contributed by atoms with Crippen LogP contribution in [-0.4, -0.2) is 261 Å². The molecule has 3 rings (SSSR count). The Labute approximate surface area is 661 Å². The zero-order valence-corrected chi connectivity index (χ0v) is 65.3. The summed E-state index contributed by atoms with van der Waals surface area (Å²) in [6, 6.07) is -15.1. The molecule has 43 nitrogen and oxygen atoms in total. The molecule has 1 aromatic heterocycles. The van der Waals surface area contributed by atoms with E-state index in [0.717, 1.165) is 53.7 Å². The predicted octanol–water partition coefficient (Wildman–Crippen LogP) is -5.19. The second-order valence-corrected chi connectivity index (χ2v) is 28.0. The molecule has 0 spiro atoms. The van der Waals surface area contributed by atoms with Crippen LogP contribution in [0.1, 0.15) is 156 Å². The number of aromatic amines is 1. The van der Waals surface area contributed by atoms with Crippen LogP contribution in [0.2, 0.25) is 0 Å². The number of aromatic nitrogens is 1. The van der Waals surface area contributed by atoms with Gasteiger partial charge in [0.2, 0.25) is 88.6 Å². The summed E-state index contributed by atoms with van der Waals surface area (Å²) < 4.78 is 10.7. The zero-order chi connectivity index (χ0) is 86.5. The standard InChI is InChI=1S/C72H109N17O26/c1-9-35(3)19-13-11-12-14-23-51(92)79-44(27-39-32-76-41-21-16-15-20-40(39)41)64(104)84-46(29-50(75)91)66(106)85-48(31-56(99)100)68(108)87-58-38(6)115-72(113)57(36(4)10-2)86-63(103)43(24-25-54(95)96)82-65(105)45(28-49(74)90)80-52(93)33-77-69(109)59(60(114-8)71(111)112)88-62(102)42(22-17-18-26-73)81-67(107)47(30-55(97)98)83-61(101)37(5)78-53(94)34-89(7)70(58)110/h15-16,20-21,32,35-38,42-48,57-60,76H,9-14,17-19,22-31,33-34,73H2,1-8H3,(H2,74,90)(H2,75,91)(H,77,109)(H,78,94)(H,79,92)(H,80,93)(H,81,107)(H,82,105)(H,83,101)(H,84,104)(H,85,106)(H,86,103)(H,87,108)(H,88,102)(H,95,96)(H,97,98)(H,99,100)(H,111,112). The number of likely N-dealkylation sites (N-methyl/N-ethyl adjacent to an activating group) is 1. The summed E-state index contributed by atoms with van der Waals surface area (Å²) in [4.78, 5) is 277. The highest BCUT2D eigenvalue weighted by Gasteiger charge is 2.43. The average molecular weight is 1630 g/mol. The summed E-state index contributed by atoms with van der Waals surface area (Å²) in [6.45, 7) is 6.82. The van der Waals surface area contributed by atoms with Crippen LogP contribution in [0.4, 0.5) is 0 Å². The van der Waals surface area contributed by atoms with Gasteiger partial charge in [-0.3, -0.25) is 86.3 Å². The van der Waals surface area contributed by atoms with Crippen LogP contribution in [0.15, 0.2) is 30.5 Å². The van der Waals surface area contributed by atoms with Gasteiger partial charge in [-0.15, -0.1) is 0 Å². The van der Waals surface area contributed by atoms with Crippen LogP contribution in [0.25, 0.3) is 10.9 Å². The van der Waals surface area contributed by atoms with Crippen molar-refractivity contribution in [2.75, 3.05) is 33.8 Å². The molecule has 0 saturated carbocycles. The molecule has 2 heterocycles. The van der Waals surface area contributed by atoms with Crippen molar-refractivity contribution in [2.45, 2.75) is 236 Å². The summed E-state index contributed by atoms with van der Waals surface area (Å²) in [7, 11) is 1.73. The van der Waals surface area contributed by atoms with E-state index in [1.54, 1.807) is 30.5 Å². The van der Waals surface area contributed by atoms with Crippen LogP contribution >= 0.6 is 0 Å². The van der Waals surface area contributed by atoms with Crippen molar-refractivity contribution in [3.63, 3.8) is 0 Å². The number of nitrogens with zero attached hydrogens (tertiary/aromatic N) is 1. The van der Waals surface area contributed by atoms with Gasteiger partial charge in [0.1, 0.15) is 72.6 Å². The first-order chi connectivity index (χ1) is 54.1. The Bertz CT molecular complexity index is 3820. The number of rotatable bonds is 37. The van der Waals surface area contributed by atoms with E-state index >= 15 is 0 Å². The average Bonchev–Trinajstić information content (AvgIpc) is 1.76. The number of hydrogen-bond acceptors (Lipinski definition) is 23. The molecule has 1 aliphatic heterocycles. The summed E-state index contributed by atoms with van der Waals surface area (Å²) in [6.07, 6.45) is -4.50. The number of unbranched alkanes of at least 4 members (excludes halogenated alkanes) is 4. The fraction of sp³-hybridized carbons (Fsp3) is 0.611. The number of fused-ring (bicyclic) bond motifs is 1. The molecule has 1 aliphatic rings. The van der Waals surface area contributed by atoms with E-state index in [0.29, 0.717) is 40.1 Å².